The summed E-state index contributed by atoms with van der Waals surface area (Å²) in [6, 6.07) is -0.847. The standard InChI is InChI=1S/C8H15NO3S.Na/c1-3-7(10)9-6(8(11)12)4-5(2)13;/h5-6,13H,3-4H2,1-2H3,(H,9,10)(H,11,12);/q;+1/p-1. The Kier molecular flexibility index (Phi) is 10.2. The van der Waals surface area contributed by atoms with E-state index in [4.69, 9.17) is 17.7 Å². The maximum atomic E-state index is 10.9. The monoisotopic (exact) mass is 227 g/mol. The van der Waals surface area contributed by atoms with Crippen molar-refractivity contribution >= 4 is 24.5 Å². The third-order valence-electron chi connectivity index (χ3n) is 1.52. The van der Waals surface area contributed by atoms with E-state index in [-0.39, 0.29) is 53.6 Å². The van der Waals surface area contributed by atoms with Gasteiger partial charge < -0.3 is 23.1 Å². The molecule has 14 heavy (non-hydrogen) atoms. The second-order valence-electron chi connectivity index (χ2n) is 2.86. The van der Waals surface area contributed by atoms with Gasteiger partial charge >= 0.3 is 35.5 Å². The van der Waals surface area contributed by atoms with E-state index < -0.39 is 12.0 Å². The number of hydrogen-bond donors (Lipinski definition) is 2. The molecule has 2 unspecified atom stereocenters. The van der Waals surface area contributed by atoms with Gasteiger partial charge in [-0.25, -0.2) is 4.79 Å². The summed E-state index contributed by atoms with van der Waals surface area (Å²) in [4.78, 5) is 21.5. The molecule has 4 nitrogen and oxygen atoms in total. The van der Waals surface area contributed by atoms with Gasteiger partial charge in [-0.05, 0) is 6.42 Å². The maximum absolute atomic E-state index is 10.9. The zero-order chi connectivity index (χ0) is 10.4. The molecule has 1 amide bonds. The smallest absolute Gasteiger partial charge is 0.789 e. The minimum Gasteiger partial charge on any atom is -0.789 e. The summed E-state index contributed by atoms with van der Waals surface area (Å²) in [5, 5.41) is 10.9. The van der Waals surface area contributed by atoms with Gasteiger partial charge in [-0.1, -0.05) is 13.8 Å². The largest absolute Gasteiger partial charge is 1.00 e. The molecule has 0 aromatic heterocycles. The summed E-state index contributed by atoms with van der Waals surface area (Å²) in [6.45, 7) is 3.41. The molecule has 0 heterocycles. The van der Waals surface area contributed by atoms with Crippen molar-refractivity contribution < 1.29 is 44.3 Å². The molecule has 0 radical (unpaired) electrons. The predicted octanol–water partition coefficient (Wildman–Crippen LogP) is -2.70. The van der Waals surface area contributed by atoms with Crippen molar-refractivity contribution in [2.45, 2.75) is 38.0 Å². The van der Waals surface area contributed by atoms with Crippen LogP contribution in [0.25, 0.3) is 0 Å². The Labute approximate surface area is 112 Å². The molecule has 0 saturated heterocycles. The van der Waals surface area contributed by atoms with Gasteiger partial charge in [0, 0.05) is 6.42 Å². The molecule has 0 aromatic carbocycles. The summed E-state index contributed by atoms with van der Waals surface area (Å²) in [5.74, 6) is -1.29. The third kappa shape index (κ3) is 7.67. The summed E-state index contributed by atoms with van der Waals surface area (Å²) in [6.07, 6.45) is 0.575. The van der Waals surface area contributed by atoms with Crippen molar-refractivity contribution in [3.63, 3.8) is 0 Å². The predicted molar refractivity (Wildman–Crippen MR) is 51.3 cm³/mol. The number of hydrogen-bond acceptors (Lipinski definition) is 3. The number of aliphatic carboxylic acids is 1. The molecule has 2 N–H and O–H groups in total. The van der Waals surface area contributed by atoms with E-state index in [1.54, 1.807) is 13.8 Å². The molecule has 0 aliphatic carbocycles. The molecule has 0 bridgehead atoms. The van der Waals surface area contributed by atoms with E-state index in [1.807, 2.05) is 0 Å². The van der Waals surface area contributed by atoms with Crippen LogP contribution in [-0.4, -0.2) is 28.3 Å². The second kappa shape index (κ2) is 8.59. The van der Waals surface area contributed by atoms with Crippen LogP contribution in [0, 0.1) is 0 Å². The number of carboxylic acids is 1. The first-order valence-electron chi connectivity index (χ1n) is 4.15. The van der Waals surface area contributed by atoms with Crippen LogP contribution in [0.3, 0.4) is 0 Å². The molecule has 0 rings (SSSR count). The van der Waals surface area contributed by atoms with Crippen molar-refractivity contribution in [2.24, 2.45) is 0 Å². The first-order valence-corrected chi connectivity index (χ1v) is 4.62. The number of carbonyl (C=O) groups excluding carboxylic acids is 1. The van der Waals surface area contributed by atoms with E-state index in [2.05, 4.69) is 5.32 Å². The van der Waals surface area contributed by atoms with Gasteiger partial charge in [-0.2, -0.15) is 5.25 Å². The van der Waals surface area contributed by atoms with Crippen LogP contribution in [0.15, 0.2) is 0 Å². The molecule has 6 heteroatoms. The van der Waals surface area contributed by atoms with Crippen LogP contribution < -0.4 is 34.9 Å². The van der Waals surface area contributed by atoms with E-state index in [9.17, 15) is 9.59 Å². The average molecular weight is 227 g/mol. The molecule has 0 aromatic rings. The summed E-state index contributed by atoms with van der Waals surface area (Å²) < 4.78 is 0. The van der Waals surface area contributed by atoms with Crippen LogP contribution >= 0.6 is 0 Å². The van der Waals surface area contributed by atoms with Gasteiger partial charge in [0.05, 0.1) is 0 Å². The van der Waals surface area contributed by atoms with E-state index in [1.165, 1.54) is 0 Å². The fraction of sp³-hybridized carbons (Fsp3) is 0.750. The average Bonchev–Trinajstić information content (AvgIpc) is 2.02. The van der Waals surface area contributed by atoms with Crippen molar-refractivity contribution in [3.05, 3.63) is 0 Å². The number of rotatable bonds is 5. The molecule has 2 atom stereocenters. The number of carbonyl (C=O) groups is 2. The van der Waals surface area contributed by atoms with Crippen molar-refractivity contribution in [1.82, 2.24) is 5.32 Å². The minimum atomic E-state index is -1.03. The number of amides is 1. The Balaban J connectivity index is 0. The summed E-state index contributed by atoms with van der Waals surface area (Å²) in [7, 11) is 0. The third-order valence-corrected chi connectivity index (χ3v) is 1.71. The van der Waals surface area contributed by atoms with Crippen LogP contribution in [0.1, 0.15) is 26.7 Å². The molecular weight excluding hydrogens is 213 g/mol. The maximum Gasteiger partial charge on any atom is 1.00 e. The van der Waals surface area contributed by atoms with Gasteiger partial charge in [-0.3, -0.25) is 4.79 Å². The summed E-state index contributed by atoms with van der Waals surface area (Å²) >= 11 is 4.85. The van der Waals surface area contributed by atoms with E-state index in [0.717, 1.165) is 0 Å². The Morgan fingerprint density at radius 2 is 2.00 bits per heavy atom. The zero-order valence-corrected chi connectivity index (χ0v) is 11.6. The number of carboxylic acid groups (broad SMARTS) is 1. The quantitative estimate of drug-likeness (QED) is 0.396. The van der Waals surface area contributed by atoms with Gasteiger partial charge in [-0.15, -0.1) is 0 Å². The first-order chi connectivity index (χ1) is 5.97. The van der Waals surface area contributed by atoms with Crippen molar-refractivity contribution in [3.8, 4) is 0 Å². The SMILES string of the molecule is CCC(=O)NC(CC(C)[S-])C(=O)O.[Na+]. The fourth-order valence-electron chi connectivity index (χ4n) is 0.850. The minimum absolute atomic E-state index is 0. The van der Waals surface area contributed by atoms with Gasteiger partial charge in [0.15, 0.2) is 0 Å². The number of nitrogens with one attached hydrogen (secondary N) is 1. The molecule has 0 aliphatic heterocycles. The van der Waals surface area contributed by atoms with E-state index >= 15 is 0 Å². The topological polar surface area (TPSA) is 66.4 Å². The van der Waals surface area contributed by atoms with Gasteiger partial charge in [0.2, 0.25) is 5.91 Å². The molecule has 0 saturated carbocycles. The van der Waals surface area contributed by atoms with Gasteiger partial charge in [0.1, 0.15) is 6.04 Å². The molecule has 0 spiro atoms. The van der Waals surface area contributed by atoms with Crippen LogP contribution in [-0.2, 0) is 22.2 Å². The van der Waals surface area contributed by atoms with E-state index in [0.29, 0.717) is 0 Å². The van der Waals surface area contributed by atoms with Crippen LogP contribution in [0.4, 0.5) is 0 Å². The fourth-order valence-corrected chi connectivity index (χ4v) is 1.04. The Morgan fingerprint density at radius 3 is 2.29 bits per heavy atom. The molecular formula is C8H14NNaO3S. The molecule has 0 fully saturated rings. The second-order valence-corrected chi connectivity index (χ2v) is 3.66. The van der Waals surface area contributed by atoms with Gasteiger partial charge in [0.25, 0.3) is 0 Å². The Hall–Kier alpha value is 0.290. The first kappa shape index (κ1) is 16.7. The Bertz CT molecular complexity index is 199. The van der Waals surface area contributed by atoms with Crippen LogP contribution in [0.5, 0.6) is 0 Å². The Morgan fingerprint density at radius 1 is 1.50 bits per heavy atom. The van der Waals surface area contributed by atoms with Crippen molar-refractivity contribution in [2.75, 3.05) is 0 Å². The molecule has 0 aliphatic rings. The normalized spacial score (nSPS) is 13.6. The zero-order valence-electron chi connectivity index (χ0n) is 8.74. The van der Waals surface area contributed by atoms with Crippen molar-refractivity contribution in [1.29, 1.82) is 0 Å². The molecule has 76 valence electrons. The summed E-state index contributed by atoms with van der Waals surface area (Å²) in [5.41, 5.74) is 0. The van der Waals surface area contributed by atoms with Crippen LogP contribution in [0.2, 0.25) is 0 Å².